The van der Waals surface area contributed by atoms with Gasteiger partial charge in [0.05, 0.1) is 0 Å². The molecule has 0 atom stereocenters. The molecular formula is C11H25O2Si. The molecule has 1 radical (unpaired) electrons. The molecule has 0 saturated heterocycles. The van der Waals surface area contributed by atoms with Crippen molar-refractivity contribution in [3.05, 3.63) is 6.42 Å². The second kappa shape index (κ2) is 8.45. The third kappa shape index (κ3) is 5.13. The standard InChI is InChI=1S/C11H25O2Si/c1-5-9-12-14(8-4,11-7-3)13-10-6-2/h7H,5-6,8-11H2,1-4H3. The van der Waals surface area contributed by atoms with Gasteiger partial charge in [0.1, 0.15) is 0 Å². The summed E-state index contributed by atoms with van der Waals surface area (Å²) in [6.07, 6.45) is 4.34. The maximum atomic E-state index is 5.96. The van der Waals surface area contributed by atoms with Gasteiger partial charge in [-0.1, -0.05) is 27.7 Å². The summed E-state index contributed by atoms with van der Waals surface area (Å²) < 4.78 is 11.9. The van der Waals surface area contributed by atoms with E-state index in [0.717, 1.165) is 38.1 Å². The summed E-state index contributed by atoms with van der Waals surface area (Å²) in [5.74, 6) is 0. The van der Waals surface area contributed by atoms with Crippen LogP contribution in [0, 0.1) is 6.42 Å². The lowest BCUT2D eigenvalue weighted by Crippen LogP contribution is -2.41. The molecule has 0 heterocycles. The lowest BCUT2D eigenvalue weighted by molar-refractivity contribution is 0.170. The number of hydrogen-bond donors (Lipinski definition) is 0. The molecule has 3 heteroatoms. The summed E-state index contributed by atoms with van der Waals surface area (Å²) in [6, 6.07) is 2.07. The largest absolute Gasteiger partial charge is 0.394 e. The first kappa shape index (κ1) is 14.1. The molecule has 0 spiro atoms. The van der Waals surface area contributed by atoms with Crippen LogP contribution in [0.15, 0.2) is 0 Å². The third-order valence-electron chi connectivity index (χ3n) is 2.19. The Morgan fingerprint density at radius 1 is 1.00 bits per heavy atom. The van der Waals surface area contributed by atoms with Crippen molar-refractivity contribution < 1.29 is 8.85 Å². The van der Waals surface area contributed by atoms with Crippen LogP contribution in [0.1, 0.15) is 40.5 Å². The van der Waals surface area contributed by atoms with Crippen molar-refractivity contribution in [2.24, 2.45) is 0 Å². The van der Waals surface area contributed by atoms with Crippen LogP contribution in [0.2, 0.25) is 12.1 Å². The third-order valence-corrected chi connectivity index (χ3v) is 5.76. The lowest BCUT2D eigenvalue weighted by atomic mass is 10.5. The zero-order valence-corrected chi connectivity index (χ0v) is 11.1. The monoisotopic (exact) mass is 217 g/mol. The summed E-state index contributed by atoms with van der Waals surface area (Å²) in [5, 5.41) is 0. The molecule has 2 nitrogen and oxygen atoms in total. The molecule has 0 fully saturated rings. The van der Waals surface area contributed by atoms with Crippen molar-refractivity contribution in [3.8, 4) is 0 Å². The molecule has 0 amide bonds. The van der Waals surface area contributed by atoms with E-state index in [1.54, 1.807) is 0 Å². The Hall–Kier alpha value is 0.137. The quantitative estimate of drug-likeness (QED) is 0.550. The van der Waals surface area contributed by atoms with Gasteiger partial charge >= 0.3 is 8.56 Å². The van der Waals surface area contributed by atoms with Gasteiger partial charge in [0.25, 0.3) is 0 Å². The predicted octanol–water partition coefficient (Wildman–Crippen LogP) is 3.53. The minimum absolute atomic E-state index is 0.845. The fourth-order valence-corrected chi connectivity index (χ4v) is 4.19. The van der Waals surface area contributed by atoms with Crippen molar-refractivity contribution in [1.29, 1.82) is 0 Å². The molecule has 0 N–H and O–H groups in total. The molecule has 0 aliphatic carbocycles. The Bertz CT molecular complexity index is 120. The summed E-state index contributed by atoms with van der Waals surface area (Å²) in [4.78, 5) is 0. The van der Waals surface area contributed by atoms with Crippen LogP contribution in [0.3, 0.4) is 0 Å². The molecule has 0 bridgehead atoms. The van der Waals surface area contributed by atoms with E-state index in [-0.39, 0.29) is 0 Å². The van der Waals surface area contributed by atoms with E-state index in [9.17, 15) is 0 Å². The molecular weight excluding hydrogens is 192 g/mol. The molecule has 0 aromatic rings. The summed E-state index contributed by atoms with van der Waals surface area (Å²) >= 11 is 0. The molecule has 0 aliphatic heterocycles. The second-order valence-corrected chi connectivity index (χ2v) is 7.09. The van der Waals surface area contributed by atoms with Crippen LogP contribution in [0.4, 0.5) is 0 Å². The SMILES string of the molecule is C[CH]C[Si](CC)(OCCC)OCCC. The lowest BCUT2D eigenvalue weighted by Gasteiger charge is -2.29. The van der Waals surface area contributed by atoms with Gasteiger partial charge in [-0.15, -0.1) is 0 Å². The Morgan fingerprint density at radius 2 is 1.50 bits per heavy atom. The van der Waals surface area contributed by atoms with Crippen molar-refractivity contribution >= 4 is 8.56 Å². The van der Waals surface area contributed by atoms with Gasteiger partial charge in [-0.3, -0.25) is 0 Å². The predicted molar refractivity (Wildman–Crippen MR) is 63.5 cm³/mol. The molecule has 0 rings (SSSR count). The molecule has 85 valence electrons. The van der Waals surface area contributed by atoms with Crippen LogP contribution in [0.25, 0.3) is 0 Å². The average Bonchev–Trinajstić information content (AvgIpc) is 2.22. The van der Waals surface area contributed by atoms with Gasteiger partial charge in [0, 0.05) is 13.2 Å². The molecule has 0 aromatic carbocycles. The van der Waals surface area contributed by atoms with E-state index < -0.39 is 8.56 Å². The van der Waals surface area contributed by atoms with Gasteiger partial charge in [0.2, 0.25) is 0 Å². The minimum atomic E-state index is -1.87. The second-order valence-electron chi connectivity index (χ2n) is 3.57. The fourth-order valence-electron chi connectivity index (χ4n) is 1.40. The molecule has 14 heavy (non-hydrogen) atoms. The van der Waals surface area contributed by atoms with Gasteiger partial charge in [0.15, 0.2) is 0 Å². The maximum absolute atomic E-state index is 5.96. The van der Waals surface area contributed by atoms with Crippen LogP contribution in [-0.2, 0) is 8.85 Å². The highest BCUT2D eigenvalue weighted by atomic mass is 28.4. The zero-order chi connectivity index (χ0) is 10.9. The van der Waals surface area contributed by atoms with Gasteiger partial charge in [-0.05, 0) is 31.4 Å². The van der Waals surface area contributed by atoms with E-state index in [0.29, 0.717) is 0 Å². The number of hydrogen-bond acceptors (Lipinski definition) is 2. The van der Waals surface area contributed by atoms with Crippen LogP contribution >= 0.6 is 0 Å². The first-order valence-corrected chi connectivity index (χ1v) is 8.03. The van der Waals surface area contributed by atoms with E-state index in [1.807, 2.05) is 0 Å². The molecule has 0 unspecified atom stereocenters. The Labute approximate surface area is 90.2 Å². The van der Waals surface area contributed by atoms with Gasteiger partial charge < -0.3 is 8.85 Å². The van der Waals surface area contributed by atoms with Crippen LogP contribution < -0.4 is 0 Å². The summed E-state index contributed by atoms with van der Waals surface area (Å²) in [5.41, 5.74) is 0. The first-order chi connectivity index (χ1) is 6.74. The van der Waals surface area contributed by atoms with Crippen molar-refractivity contribution in [3.63, 3.8) is 0 Å². The summed E-state index contributed by atoms with van der Waals surface area (Å²) in [7, 11) is -1.87. The van der Waals surface area contributed by atoms with E-state index in [4.69, 9.17) is 8.85 Å². The van der Waals surface area contributed by atoms with Crippen molar-refractivity contribution in [2.75, 3.05) is 13.2 Å². The van der Waals surface area contributed by atoms with E-state index >= 15 is 0 Å². The highest BCUT2D eigenvalue weighted by Crippen LogP contribution is 2.20. The number of rotatable bonds is 9. The van der Waals surface area contributed by atoms with Gasteiger partial charge in [-0.2, -0.15) is 0 Å². The highest BCUT2D eigenvalue weighted by molar-refractivity contribution is 6.67. The van der Waals surface area contributed by atoms with Gasteiger partial charge in [-0.25, -0.2) is 0 Å². The first-order valence-electron chi connectivity index (χ1n) is 5.80. The Kier molecular flexibility index (Phi) is 8.53. The van der Waals surface area contributed by atoms with Crippen LogP contribution in [-0.4, -0.2) is 21.8 Å². The summed E-state index contributed by atoms with van der Waals surface area (Å²) in [6.45, 7) is 10.2. The molecule has 0 aliphatic rings. The fraction of sp³-hybridized carbons (Fsp3) is 0.909. The van der Waals surface area contributed by atoms with Crippen LogP contribution in [0.5, 0.6) is 0 Å². The Balaban J connectivity index is 4.11. The van der Waals surface area contributed by atoms with Crippen molar-refractivity contribution in [1.82, 2.24) is 0 Å². The topological polar surface area (TPSA) is 18.5 Å². The highest BCUT2D eigenvalue weighted by Gasteiger charge is 2.34. The maximum Gasteiger partial charge on any atom is 0.338 e. The zero-order valence-electron chi connectivity index (χ0n) is 10.1. The smallest absolute Gasteiger partial charge is 0.338 e. The van der Waals surface area contributed by atoms with Crippen molar-refractivity contribution in [2.45, 2.75) is 52.6 Å². The Morgan fingerprint density at radius 3 is 1.79 bits per heavy atom. The molecule has 0 aromatic heterocycles. The normalized spacial score (nSPS) is 12.0. The average molecular weight is 217 g/mol. The van der Waals surface area contributed by atoms with E-state index in [1.165, 1.54) is 0 Å². The minimum Gasteiger partial charge on any atom is -0.394 e. The van der Waals surface area contributed by atoms with E-state index in [2.05, 4.69) is 34.1 Å². The molecule has 0 saturated carbocycles.